The molecule has 0 fully saturated rings. The monoisotopic (exact) mass is 350 g/mol. The summed E-state index contributed by atoms with van der Waals surface area (Å²) in [5.41, 5.74) is 4.64. The summed E-state index contributed by atoms with van der Waals surface area (Å²) in [6.45, 7) is 2.01. The Bertz CT molecular complexity index is 1030. The fourth-order valence-corrected chi connectivity index (χ4v) is 3.51. The molecule has 4 aromatic rings. The molecular formula is C18H14N4O2S. The van der Waals surface area contributed by atoms with Crippen LogP contribution in [0.3, 0.4) is 0 Å². The van der Waals surface area contributed by atoms with E-state index in [1.165, 1.54) is 16.7 Å². The third kappa shape index (κ3) is 2.64. The largest absolute Gasteiger partial charge is 0.476 e. The molecule has 6 nitrogen and oxygen atoms in total. The number of carboxylic acids is 1. The van der Waals surface area contributed by atoms with Crippen LogP contribution >= 0.6 is 11.3 Å². The van der Waals surface area contributed by atoms with Crippen LogP contribution in [0.25, 0.3) is 27.8 Å². The highest BCUT2D eigenvalue weighted by molar-refractivity contribution is 7.12. The Kier molecular flexibility index (Phi) is 3.70. The maximum atomic E-state index is 11.2. The Labute approximate surface area is 147 Å². The maximum Gasteiger partial charge on any atom is 0.355 e. The van der Waals surface area contributed by atoms with Crippen molar-refractivity contribution >= 4 is 17.3 Å². The smallest absolute Gasteiger partial charge is 0.355 e. The van der Waals surface area contributed by atoms with Crippen LogP contribution in [-0.2, 0) is 0 Å². The van der Waals surface area contributed by atoms with Crippen LogP contribution in [-0.4, -0.2) is 30.8 Å². The minimum Gasteiger partial charge on any atom is -0.476 e. The second-order valence-corrected chi connectivity index (χ2v) is 6.34. The number of nitrogens with one attached hydrogen (secondary N) is 1. The molecule has 0 spiro atoms. The molecule has 7 heteroatoms. The number of aromatic nitrogens is 4. The summed E-state index contributed by atoms with van der Waals surface area (Å²) >= 11 is 1.25. The van der Waals surface area contributed by atoms with Gasteiger partial charge < -0.3 is 10.1 Å². The molecule has 1 aromatic carbocycles. The van der Waals surface area contributed by atoms with Crippen LogP contribution in [0.2, 0.25) is 0 Å². The SMILES string of the molecule is Cc1c(-c2ccccc2)nn(-c2nc(C(=O)O)cs2)c1-c1ccc[nH]1. The van der Waals surface area contributed by atoms with Gasteiger partial charge in [-0.05, 0) is 19.1 Å². The molecule has 0 amide bonds. The Hall–Kier alpha value is -3.19. The topological polar surface area (TPSA) is 83.8 Å². The first-order chi connectivity index (χ1) is 12.1. The summed E-state index contributed by atoms with van der Waals surface area (Å²) in [7, 11) is 0. The molecule has 0 radical (unpaired) electrons. The summed E-state index contributed by atoms with van der Waals surface area (Å²) in [4.78, 5) is 18.6. The van der Waals surface area contributed by atoms with Gasteiger partial charge >= 0.3 is 5.97 Å². The van der Waals surface area contributed by atoms with E-state index in [4.69, 9.17) is 10.2 Å². The molecule has 2 N–H and O–H groups in total. The Morgan fingerprint density at radius 1 is 1.20 bits per heavy atom. The van der Waals surface area contributed by atoms with Crippen molar-refractivity contribution in [1.29, 1.82) is 0 Å². The van der Waals surface area contributed by atoms with Crippen LogP contribution in [0.4, 0.5) is 0 Å². The summed E-state index contributed by atoms with van der Waals surface area (Å²) in [5.74, 6) is -1.05. The van der Waals surface area contributed by atoms with E-state index >= 15 is 0 Å². The van der Waals surface area contributed by atoms with Crippen LogP contribution in [0.5, 0.6) is 0 Å². The third-order valence-corrected chi connectivity index (χ3v) is 4.73. The average molecular weight is 350 g/mol. The van der Waals surface area contributed by atoms with Gasteiger partial charge in [0.2, 0.25) is 5.13 Å². The number of benzene rings is 1. The van der Waals surface area contributed by atoms with Crippen molar-refractivity contribution in [3.63, 3.8) is 0 Å². The van der Waals surface area contributed by atoms with Gasteiger partial charge in [-0.15, -0.1) is 11.3 Å². The second kappa shape index (κ2) is 6.03. The lowest BCUT2D eigenvalue weighted by atomic mass is 10.1. The van der Waals surface area contributed by atoms with Gasteiger partial charge in [-0.3, -0.25) is 0 Å². The summed E-state index contributed by atoms with van der Waals surface area (Å²) < 4.78 is 1.71. The van der Waals surface area contributed by atoms with E-state index in [-0.39, 0.29) is 5.69 Å². The van der Waals surface area contributed by atoms with Crippen LogP contribution in [0.15, 0.2) is 54.0 Å². The van der Waals surface area contributed by atoms with Gasteiger partial charge in [0.15, 0.2) is 5.69 Å². The molecule has 0 saturated heterocycles. The number of carboxylic acid groups (broad SMARTS) is 1. The van der Waals surface area contributed by atoms with Crippen molar-refractivity contribution in [1.82, 2.24) is 19.7 Å². The number of nitrogens with zero attached hydrogens (tertiary/aromatic N) is 3. The number of carbonyl (C=O) groups is 1. The molecule has 4 rings (SSSR count). The van der Waals surface area contributed by atoms with Crippen LogP contribution < -0.4 is 0 Å². The molecule has 0 unspecified atom stereocenters. The lowest BCUT2D eigenvalue weighted by molar-refractivity contribution is 0.0691. The van der Waals surface area contributed by atoms with Crippen LogP contribution in [0.1, 0.15) is 16.1 Å². The molecule has 124 valence electrons. The Morgan fingerprint density at radius 3 is 2.64 bits per heavy atom. The van der Waals surface area contributed by atoms with E-state index in [0.29, 0.717) is 5.13 Å². The van der Waals surface area contributed by atoms with E-state index in [1.54, 1.807) is 4.68 Å². The van der Waals surface area contributed by atoms with Crippen molar-refractivity contribution in [2.45, 2.75) is 6.92 Å². The van der Waals surface area contributed by atoms with Gasteiger partial charge in [-0.25, -0.2) is 14.5 Å². The standard InChI is InChI=1S/C18H14N4O2S/c1-11-15(12-6-3-2-4-7-12)21-22(16(11)13-8-5-9-19-13)18-20-14(10-25-18)17(23)24/h2-10,19H,1H3,(H,23,24). The first-order valence-electron chi connectivity index (χ1n) is 7.63. The molecule has 0 aliphatic carbocycles. The van der Waals surface area contributed by atoms with Crippen molar-refractivity contribution in [2.75, 3.05) is 0 Å². The minimum atomic E-state index is -1.05. The zero-order chi connectivity index (χ0) is 17.4. The normalized spacial score (nSPS) is 10.9. The van der Waals surface area contributed by atoms with E-state index < -0.39 is 5.97 Å². The van der Waals surface area contributed by atoms with Gasteiger partial charge in [0.05, 0.1) is 17.1 Å². The average Bonchev–Trinajstić information content (AvgIpc) is 3.34. The highest BCUT2D eigenvalue weighted by atomic mass is 32.1. The highest BCUT2D eigenvalue weighted by Crippen LogP contribution is 2.33. The summed E-state index contributed by atoms with van der Waals surface area (Å²) in [6, 6.07) is 13.8. The number of hydrogen-bond donors (Lipinski definition) is 2. The van der Waals surface area contributed by atoms with E-state index in [2.05, 4.69) is 9.97 Å². The Balaban J connectivity index is 1.94. The third-order valence-electron chi connectivity index (χ3n) is 3.91. The van der Waals surface area contributed by atoms with Crippen molar-refractivity contribution in [2.24, 2.45) is 0 Å². The van der Waals surface area contributed by atoms with Crippen molar-refractivity contribution in [3.8, 4) is 27.8 Å². The zero-order valence-electron chi connectivity index (χ0n) is 13.3. The van der Waals surface area contributed by atoms with Gasteiger partial charge in [0.1, 0.15) is 0 Å². The number of hydrogen-bond acceptors (Lipinski definition) is 4. The maximum absolute atomic E-state index is 11.2. The molecule has 0 atom stereocenters. The van der Waals surface area contributed by atoms with E-state index in [9.17, 15) is 4.79 Å². The van der Waals surface area contributed by atoms with Gasteiger partial charge in [-0.1, -0.05) is 30.3 Å². The number of thiazole rings is 1. The summed E-state index contributed by atoms with van der Waals surface area (Å²) in [5, 5.41) is 15.9. The van der Waals surface area contributed by atoms with E-state index in [0.717, 1.165) is 28.2 Å². The van der Waals surface area contributed by atoms with Gasteiger partial charge in [0, 0.05) is 22.7 Å². The van der Waals surface area contributed by atoms with Gasteiger partial charge in [-0.2, -0.15) is 5.10 Å². The predicted octanol–water partition coefficient (Wildman–Crippen LogP) is 4.00. The molecule has 0 aliphatic heterocycles. The van der Waals surface area contributed by atoms with Crippen LogP contribution in [0, 0.1) is 6.92 Å². The molecule has 3 heterocycles. The molecule has 3 aromatic heterocycles. The lowest BCUT2D eigenvalue weighted by Gasteiger charge is -2.03. The quantitative estimate of drug-likeness (QED) is 0.583. The van der Waals surface area contributed by atoms with E-state index in [1.807, 2.05) is 55.6 Å². The highest BCUT2D eigenvalue weighted by Gasteiger charge is 2.21. The number of aromatic carboxylic acids is 1. The molecular weight excluding hydrogens is 336 g/mol. The number of aromatic amines is 1. The fourth-order valence-electron chi connectivity index (χ4n) is 2.76. The minimum absolute atomic E-state index is 0.0202. The lowest BCUT2D eigenvalue weighted by Crippen LogP contribution is -2.02. The fraction of sp³-hybridized carbons (Fsp3) is 0.0556. The summed E-state index contributed by atoms with van der Waals surface area (Å²) in [6.07, 6.45) is 1.85. The predicted molar refractivity (Wildman–Crippen MR) is 96.2 cm³/mol. The molecule has 25 heavy (non-hydrogen) atoms. The Morgan fingerprint density at radius 2 is 2.00 bits per heavy atom. The number of H-pyrrole nitrogens is 1. The molecule has 0 aliphatic rings. The first kappa shape index (κ1) is 15.3. The molecule has 0 saturated carbocycles. The molecule has 0 bridgehead atoms. The second-order valence-electron chi connectivity index (χ2n) is 5.50. The zero-order valence-corrected chi connectivity index (χ0v) is 14.1. The van der Waals surface area contributed by atoms with Gasteiger partial charge in [0.25, 0.3) is 0 Å². The van der Waals surface area contributed by atoms with Crippen molar-refractivity contribution in [3.05, 3.63) is 65.3 Å². The first-order valence-corrected chi connectivity index (χ1v) is 8.51. The van der Waals surface area contributed by atoms with Crippen molar-refractivity contribution < 1.29 is 9.90 Å². The number of rotatable bonds is 4.